The van der Waals surface area contributed by atoms with E-state index in [-0.39, 0.29) is 11.8 Å². The monoisotopic (exact) mass is 305 g/mol. The van der Waals surface area contributed by atoms with Crippen LogP contribution in [0.1, 0.15) is 59.8 Å². The fraction of sp³-hybridized carbons (Fsp3) is 0.533. The number of rotatable bonds is 3. The minimum Gasteiger partial charge on any atom is -0.351 e. The van der Waals surface area contributed by atoms with Crippen LogP contribution in [0, 0.1) is 0 Å². The number of carbonyl (C=O) groups excluding carboxylic acids is 1. The van der Waals surface area contributed by atoms with E-state index in [1.54, 1.807) is 17.4 Å². The topological polar surface area (TPSA) is 59.2 Å². The van der Waals surface area contributed by atoms with Crippen molar-refractivity contribution in [2.75, 3.05) is 13.1 Å². The fourth-order valence-corrected chi connectivity index (χ4v) is 3.38. The number of nitrogens with zero attached hydrogens (tertiary/aromatic N) is 3. The maximum Gasteiger partial charge on any atom is 0.292 e. The first kappa shape index (κ1) is 14.3. The van der Waals surface area contributed by atoms with Crippen LogP contribution in [-0.2, 0) is 0 Å². The van der Waals surface area contributed by atoms with Crippen molar-refractivity contribution in [3.05, 3.63) is 34.1 Å². The van der Waals surface area contributed by atoms with Crippen molar-refractivity contribution in [1.29, 1.82) is 0 Å². The van der Waals surface area contributed by atoms with Crippen LogP contribution in [0.25, 0.3) is 0 Å². The molecule has 0 N–H and O–H groups in total. The number of aromatic nitrogens is 2. The van der Waals surface area contributed by atoms with Crippen LogP contribution in [-0.4, -0.2) is 34.0 Å². The van der Waals surface area contributed by atoms with E-state index in [0.717, 1.165) is 30.1 Å². The van der Waals surface area contributed by atoms with Crippen LogP contribution in [0.4, 0.5) is 0 Å². The molecule has 3 rings (SSSR count). The number of likely N-dealkylation sites (tertiary alicyclic amines) is 1. The molecule has 1 saturated heterocycles. The molecular weight excluding hydrogens is 286 g/mol. The second-order valence-corrected chi connectivity index (χ2v) is 6.66. The largest absolute Gasteiger partial charge is 0.351 e. The molecule has 0 spiro atoms. The minimum absolute atomic E-state index is 0.0596. The number of hydrogen-bond donors (Lipinski definition) is 0. The zero-order chi connectivity index (χ0) is 14.8. The molecule has 0 aromatic carbocycles. The third kappa shape index (κ3) is 3.00. The van der Waals surface area contributed by atoms with Gasteiger partial charge in [0.15, 0.2) is 0 Å². The quantitative estimate of drug-likeness (QED) is 0.873. The van der Waals surface area contributed by atoms with Gasteiger partial charge in [-0.15, -0.1) is 11.3 Å². The number of thiazole rings is 1. The Bertz CT molecular complexity index is 606. The van der Waals surface area contributed by atoms with Gasteiger partial charge >= 0.3 is 0 Å². The van der Waals surface area contributed by atoms with E-state index in [0.29, 0.717) is 18.2 Å². The molecule has 0 unspecified atom stereocenters. The third-order valence-electron chi connectivity index (χ3n) is 3.84. The van der Waals surface area contributed by atoms with Crippen LogP contribution >= 0.6 is 11.3 Å². The van der Waals surface area contributed by atoms with E-state index in [1.165, 1.54) is 0 Å². The molecule has 1 atom stereocenters. The average Bonchev–Trinajstić information content (AvgIpc) is 3.18. The van der Waals surface area contributed by atoms with E-state index in [2.05, 4.69) is 10.1 Å². The summed E-state index contributed by atoms with van der Waals surface area (Å²) in [4.78, 5) is 18.8. The van der Waals surface area contributed by atoms with Crippen molar-refractivity contribution in [3.8, 4) is 0 Å². The van der Waals surface area contributed by atoms with E-state index in [4.69, 9.17) is 4.52 Å². The molecule has 1 aliphatic rings. The highest BCUT2D eigenvalue weighted by Gasteiger charge is 2.28. The van der Waals surface area contributed by atoms with Gasteiger partial charge in [-0.1, -0.05) is 19.0 Å². The highest BCUT2D eigenvalue weighted by molar-refractivity contribution is 7.09. The molecule has 1 fully saturated rings. The van der Waals surface area contributed by atoms with Crippen LogP contribution in [0.3, 0.4) is 0 Å². The Balaban J connectivity index is 1.71. The highest BCUT2D eigenvalue weighted by Crippen LogP contribution is 2.29. The zero-order valence-corrected chi connectivity index (χ0v) is 13.1. The molecule has 0 saturated carbocycles. The summed E-state index contributed by atoms with van der Waals surface area (Å²) in [6.45, 7) is 5.56. The van der Waals surface area contributed by atoms with Crippen molar-refractivity contribution in [2.45, 2.75) is 38.5 Å². The Morgan fingerprint density at radius 3 is 3.05 bits per heavy atom. The summed E-state index contributed by atoms with van der Waals surface area (Å²) in [5, 5.41) is 7.07. The van der Waals surface area contributed by atoms with Crippen LogP contribution in [0.15, 0.2) is 22.2 Å². The van der Waals surface area contributed by atoms with Crippen molar-refractivity contribution in [3.63, 3.8) is 0 Å². The first-order valence-corrected chi connectivity index (χ1v) is 8.18. The number of carbonyl (C=O) groups is 1. The second-order valence-electron chi connectivity index (χ2n) is 5.73. The van der Waals surface area contributed by atoms with Gasteiger partial charge in [0, 0.05) is 36.7 Å². The Hall–Kier alpha value is -1.69. The van der Waals surface area contributed by atoms with Crippen molar-refractivity contribution >= 4 is 17.2 Å². The predicted molar refractivity (Wildman–Crippen MR) is 80.6 cm³/mol. The Kier molecular flexibility index (Phi) is 4.05. The predicted octanol–water partition coefficient (Wildman–Crippen LogP) is 3.27. The smallest absolute Gasteiger partial charge is 0.292 e. The molecular formula is C15H19N3O2S. The van der Waals surface area contributed by atoms with Gasteiger partial charge in [-0.3, -0.25) is 4.79 Å². The van der Waals surface area contributed by atoms with Gasteiger partial charge in [-0.2, -0.15) is 0 Å². The molecule has 2 aromatic rings. The third-order valence-corrected chi connectivity index (χ3v) is 4.78. The molecule has 3 heterocycles. The Morgan fingerprint density at radius 1 is 1.52 bits per heavy atom. The molecule has 0 aliphatic carbocycles. The molecule has 0 radical (unpaired) electrons. The number of piperidine rings is 1. The van der Waals surface area contributed by atoms with Gasteiger partial charge < -0.3 is 9.42 Å². The first-order chi connectivity index (χ1) is 10.1. The molecule has 2 aromatic heterocycles. The van der Waals surface area contributed by atoms with E-state index >= 15 is 0 Å². The van der Waals surface area contributed by atoms with Crippen LogP contribution in [0.5, 0.6) is 0 Å². The van der Waals surface area contributed by atoms with Gasteiger partial charge in [0.1, 0.15) is 0 Å². The average molecular weight is 305 g/mol. The van der Waals surface area contributed by atoms with Crippen molar-refractivity contribution < 1.29 is 9.32 Å². The summed E-state index contributed by atoms with van der Waals surface area (Å²) in [6, 6.07) is 1.76. The number of amides is 1. The number of hydrogen-bond acceptors (Lipinski definition) is 5. The molecule has 112 valence electrons. The lowest BCUT2D eigenvalue weighted by molar-refractivity contribution is 0.0665. The summed E-state index contributed by atoms with van der Waals surface area (Å²) in [5.74, 6) is 0.893. The fourth-order valence-electron chi connectivity index (χ4n) is 2.62. The van der Waals surface area contributed by atoms with E-state index in [1.807, 2.05) is 30.3 Å². The molecule has 1 aliphatic heterocycles. The summed E-state index contributed by atoms with van der Waals surface area (Å²) < 4.78 is 5.21. The second kappa shape index (κ2) is 5.97. The zero-order valence-electron chi connectivity index (χ0n) is 12.3. The van der Waals surface area contributed by atoms with Gasteiger partial charge in [0.25, 0.3) is 5.91 Å². The van der Waals surface area contributed by atoms with Gasteiger partial charge in [0.05, 0.1) is 10.7 Å². The van der Waals surface area contributed by atoms with Gasteiger partial charge in [0.2, 0.25) is 5.76 Å². The van der Waals surface area contributed by atoms with Crippen LogP contribution in [0.2, 0.25) is 0 Å². The Morgan fingerprint density at radius 2 is 2.38 bits per heavy atom. The summed E-state index contributed by atoms with van der Waals surface area (Å²) in [5.41, 5.74) is 0.826. The lowest BCUT2D eigenvalue weighted by Crippen LogP contribution is -2.38. The maximum atomic E-state index is 12.5. The molecule has 6 heteroatoms. The standard InChI is InChI=1S/C15H19N3O2S/c1-10(2)12-8-13(20-17-12)15(19)18-6-3-4-11(9-18)14-16-5-7-21-14/h5,7-8,10-11H,3-4,6,9H2,1-2H3/t11-/m0/s1. The first-order valence-electron chi connectivity index (χ1n) is 7.30. The van der Waals surface area contributed by atoms with Gasteiger partial charge in [-0.05, 0) is 18.8 Å². The normalized spacial score (nSPS) is 19.2. The molecule has 1 amide bonds. The molecule has 21 heavy (non-hydrogen) atoms. The minimum atomic E-state index is -0.0596. The lowest BCUT2D eigenvalue weighted by atomic mass is 9.98. The van der Waals surface area contributed by atoms with Gasteiger partial charge in [-0.25, -0.2) is 4.98 Å². The summed E-state index contributed by atoms with van der Waals surface area (Å²) >= 11 is 1.66. The lowest BCUT2D eigenvalue weighted by Gasteiger charge is -2.31. The van der Waals surface area contributed by atoms with Crippen LogP contribution < -0.4 is 0 Å². The highest BCUT2D eigenvalue weighted by atomic mass is 32.1. The van der Waals surface area contributed by atoms with Crippen molar-refractivity contribution in [2.24, 2.45) is 0 Å². The summed E-state index contributed by atoms with van der Waals surface area (Å²) in [7, 11) is 0. The van der Waals surface area contributed by atoms with E-state index < -0.39 is 0 Å². The maximum absolute atomic E-state index is 12.5. The van der Waals surface area contributed by atoms with Crippen molar-refractivity contribution in [1.82, 2.24) is 15.0 Å². The molecule has 0 bridgehead atoms. The van der Waals surface area contributed by atoms with E-state index in [9.17, 15) is 4.79 Å². The SMILES string of the molecule is CC(C)c1cc(C(=O)N2CCC[C@H](c3nccs3)C2)on1. The Labute approximate surface area is 128 Å². The summed E-state index contributed by atoms with van der Waals surface area (Å²) in [6.07, 6.45) is 3.91. The molecule has 5 nitrogen and oxygen atoms in total.